The Kier molecular flexibility index (Phi) is 7.73. The fraction of sp³-hybridized carbons (Fsp3) is 0.579. The van der Waals surface area contributed by atoms with Crippen molar-refractivity contribution in [3.05, 3.63) is 29.8 Å². The normalized spacial score (nSPS) is 19.9. The van der Waals surface area contributed by atoms with Crippen molar-refractivity contribution in [2.24, 2.45) is 11.8 Å². The van der Waals surface area contributed by atoms with E-state index in [0.717, 1.165) is 37.0 Å². The van der Waals surface area contributed by atoms with Crippen molar-refractivity contribution < 1.29 is 19.1 Å². The van der Waals surface area contributed by atoms with Gasteiger partial charge in [0.2, 0.25) is 11.8 Å². The Morgan fingerprint density at radius 2 is 1.52 bits per heavy atom. The van der Waals surface area contributed by atoms with E-state index in [1.807, 2.05) is 24.3 Å². The van der Waals surface area contributed by atoms with E-state index in [2.05, 4.69) is 10.6 Å². The average Bonchev–Trinajstić information content (AvgIpc) is 2.66. The summed E-state index contributed by atoms with van der Waals surface area (Å²) in [7, 11) is 3.24. The molecule has 2 amide bonds. The largest absolute Gasteiger partial charge is 0.497 e. The van der Waals surface area contributed by atoms with E-state index in [-0.39, 0.29) is 23.7 Å². The summed E-state index contributed by atoms with van der Waals surface area (Å²) in [6, 6.07) is 7.66. The number of methoxy groups -OCH3 is 2. The number of nitrogens with one attached hydrogen (secondary N) is 2. The minimum Gasteiger partial charge on any atom is -0.497 e. The van der Waals surface area contributed by atoms with Crippen LogP contribution in [0.4, 0.5) is 0 Å². The number of rotatable bonds is 8. The van der Waals surface area contributed by atoms with Gasteiger partial charge in [-0.1, -0.05) is 12.1 Å². The van der Waals surface area contributed by atoms with E-state index in [1.165, 1.54) is 0 Å². The quantitative estimate of drug-likeness (QED) is 0.703. The highest BCUT2D eigenvalue weighted by Crippen LogP contribution is 2.29. The predicted octanol–water partition coefficient (Wildman–Crippen LogP) is 1.88. The third-order valence-electron chi connectivity index (χ3n) is 4.70. The maximum absolute atomic E-state index is 12.3. The Bertz CT molecular complexity index is 551. The first kappa shape index (κ1) is 19.2. The molecule has 0 unspecified atom stereocenters. The first-order valence-electron chi connectivity index (χ1n) is 8.81. The summed E-state index contributed by atoms with van der Waals surface area (Å²) in [6.45, 7) is 1.58. The van der Waals surface area contributed by atoms with E-state index >= 15 is 0 Å². The Balaban J connectivity index is 1.70. The summed E-state index contributed by atoms with van der Waals surface area (Å²) in [4.78, 5) is 24.4. The number of hydrogen-bond donors (Lipinski definition) is 2. The maximum Gasteiger partial charge on any atom is 0.223 e. The van der Waals surface area contributed by atoms with Crippen LogP contribution in [-0.4, -0.2) is 39.2 Å². The van der Waals surface area contributed by atoms with Gasteiger partial charge in [-0.05, 0) is 43.4 Å². The molecule has 1 saturated carbocycles. The number of amides is 2. The number of carbonyl (C=O) groups is 2. The molecule has 1 fully saturated rings. The minimum atomic E-state index is 0.00118. The molecule has 0 spiro atoms. The number of hydrogen-bond acceptors (Lipinski definition) is 4. The average molecular weight is 348 g/mol. The molecule has 0 aromatic heterocycles. The van der Waals surface area contributed by atoms with E-state index in [0.29, 0.717) is 19.7 Å². The van der Waals surface area contributed by atoms with Gasteiger partial charge in [-0.15, -0.1) is 0 Å². The van der Waals surface area contributed by atoms with Crippen LogP contribution in [0, 0.1) is 11.8 Å². The fourth-order valence-electron chi connectivity index (χ4n) is 3.12. The van der Waals surface area contributed by atoms with Crippen molar-refractivity contribution in [1.82, 2.24) is 10.6 Å². The summed E-state index contributed by atoms with van der Waals surface area (Å²) in [5, 5.41) is 5.87. The van der Waals surface area contributed by atoms with Gasteiger partial charge in [0, 0.05) is 32.0 Å². The van der Waals surface area contributed by atoms with Gasteiger partial charge in [-0.3, -0.25) is 9.59 Å². The zero-order valence-electron chi connectivity index (χ0n) is 15.0. The van der Waals surface area contributed by atoms with Crippen LogP contribution in [0.2, 0.25) is 0 Å². The van der Waals surface area contributed by atoms with E-state index < -0.39 is 0 Å². The van der Waals surface area contributed by atoms with Crippen LogP contribution < -0.4 is 15.4 Å². The molecule has 2 rings (SSSR count). The van der Waals surface area contributed by atoms with Crippen molar-refractivity contribution in [3.8, 4) is 5.75 Å². The second kappa shape index (κ2) is 10.0. The predicted molar refractivity (Wildman–Crippen MR) is 95.2 cm³/mol. The molecule has 1 aliphatic carbocycles. The van der Waals surface area contributed by atoms with Gasteiger partial charge < -0.3 is 20.1 Å². The molecular weight excluding hydrogens is 320 g/mol. The molecule has 1 aliphatic rings. The Hall–Kier alpha value is -2.08. The highest BCUT2D eigenvalue weighted by molar-refractivity contribution is 5.81. The van der Waals surface area contributed by atoms with Crippen LogP contribution in [-0.2, 0) is 20.9 Å². The molecule has 6 heteroatoms. The topological polar surface area (TPSA) is 76.7 Å². The van der Waals surface area contributed by atoms with Crippen LogP contribution in [0.1, 0.15) is 31.2 Å². The van der Waals surface area contributed by atoms with Crippen LogP contribution >= 0.6 is 0 Å². The summed E-state index contributed by atoms with van der Waals surface area (Å²) in [5.41, 5.74) is 1.04. The molecule has 0 radical (unpaired) electrons. The molecule has 25 heavy (non-hydrogen) atoms. The van der Waals surface area contributed by atoms with E-state index in [9.17, 15) is 9.59 Å². The molecule has 1 aromatic rings. The van der Waals surface area contributed by atoms with Crippen molar-refractivity contribution in [2.45, 2.75) is 32.2 Å². The highest BCUT2D eigenvalue weighted by atomic mass is 16.5. The van der Waals surface area contributed by atoms with Crippen molar-refractivity contribution >= 4 is 11.8 Å². The number of benzene rings is 1. The lowest BCUT2D eigenvalue weighted by atomic mass is 9.81. The van der Waals surface area contributed by atoms with E-state index in [4.69, 9.17) is 9.47 Å². The molecule has 1 aromatic carbocycles. The smallest absolute Gasteiger partial charge is 0.223 e. The summed E-state index contributed by atoms with van der Waals surface area (Å²) >= 11 is 0. The van der Waals surface area contributed by atoms with Gasteiger partial charge in [0.05, 0.1) is 13.7 Å². The highest BCUT2D eigenvalue weighted by Gasteiger charge is 2.29. The Morgan fingerprint density at radius 1 is 0.960 bits per heavy atom. The van der Waals surface area contributed by atoms with Crippen molar-refractivity contribution in [1.29, 1.82) is 0 Å². The van der Waals surface area contributed by atoms with Crippen LogP contribution in [0.15, 0.2) is 24.3 Å². The van der Waals surface area contributed by atoms with Crippen molar-refractivity contribution in [3.63, 3.8) is 0 Å². The number of ether oxygens (including phenoxy) is 2. The molecule has 0 heterocycles. The molecular formula is C19H28N2O4. The first-order chi connectivity index (χ1) is 12.1. The van der Waals surface area contributed by atoms with E-state index in [1.54, 1.807) is 14.2 Å². The zero-order chi connectivity index (χ0) is 18.1. The lowest BCUT2D eigenvalue weighted by molar-refractivity contribution is -0.130. The maximum atomic E-state index is 12.3. The first-order valence-corrected chi connectivity index (χ1v) is 8.81. The second-order valence-electron chi connectivity index (χ2n) is 6.40. The van der Waals surface area contributed by atoms with Gasteiger partial charge in [0.25, 0.3) is 0 Å². The second-order valence-corrected chi connectivity index (χ2v) is 6.40. The molecule has 138 valence electrons. The molecule has 6 nitrogen and oxygen atoms in total. The van der Waals surface area contributed by atoms with Gasteiger partial charge in [0.1, 0.15) is 5.75 Å². The third-order valence-corrected chi connectivity index (χ3v) is 4.70. The molecule has 0 atom stereocenters. The van der Waals surface area contributed by atoms with Gasteiger partial charge in [-0.25, -0.2) is 0 Å². The SMILES string of the molecule is COCCNC(=O)C1CCC(C(=O)NCc2ccc(OC)cc2)CC1. The Labute approximate surface area is 149 Å². The number of carbonyl (C=O) groups excluding carboxylic acids is 2. The Morgan fingerprint density at radius 3 is 2.04 bits per heavy atom. The van der Waals surface area contributed by atoms with Gasteiger partial charge in [0.15, 0.2) is 0 Å². The monoisotopic (exact) mass is 348 g/mol. The van der Waals surface area contributed by atoms with Crippen LogP contribution in [0.5, 0.6) is 5.75 Å². The summed E-state index contributed by atoms with van der Waals surface area (Å²) in [6.07, 6.45) is 3.05. The van der Waals surface area contributed by atoms with Crippen LogP contribution in [0.3, 0.4) is 0 Å². The molecule has 2 N–H and O–H groups in total. The standard InChI is InChI=1S/C19H28N2O4/c1-24-12-11-20-18(22)15-5-7-16(8-6-15)19(23)21-13-14-3-9-17(25-2)10-4-14/h3-4,9-10,15-16H,5-8,11-13H2,1-2H3,(H,20,22)(H,21,23). The van der Waals surface area contributed by atoms with Gasteiger partial charge in [-0.2, -0.15) is 0 Å². The summed E-state index contributed by atoms with van der Waals surface area (Å²) in [5.74, 6) is 0.976. The molecule has 0 bridgehead atoms. The molecule has 0 aliphatic heterocycles. The fourth-order valence-corrected chi connectivity index (χ4v) is 3.12. The zero-order valence-corrected chi connectivity index (χ0v) is 15.0. The summed E-state index contributed by atoms with van der Waals surface area (Å²) < 4.78 is 10.1. The van der Waals surface area contributed by atoms with Gasteiger partial charge >= 0.3 is 0 Å². The third kappa shape index (κ3) is 6.05. The molecule has 0 saturated heterocycles. The minimum absolute atomic E-state index is 0.00118. The lowest BCUT2D eigenvalue weighted by Gasteiger charge is -2.27. The van der Waals surface area contributed by atoms with Crippen LogP contribution in [0.25, 0.3) is 0 Å². The lowest BCUT2D eigenvalue weighted by Crippen LogP contribution is -2.38. The van der Waals surface area contributed by atoms with Crippen molar-refractivity contribution in [2.75, 3.05) is 27.4 Å².